The number of benzene rings is 2. The number of rotatable bonds is 4. The molecule has 0 aliphatic rings. The molecule has 0 unspecified atom stereocenters. The minimum Gasteiger partial charge on any atom is -0.409 e. The molecule has 0 atom stereocenters. The fraction of sp³-hybridized carbons (Fsp3) is 0.188. The van der Waals surface area contributed by atoms with Crippen LogP contribution in [-0.4, -0.2) is 11.0 Å². The van der Waals surface area contributed by atoms with Crippen molar-refractivity contribution in [2.24, 2.45) is 10.9 Å². The molecule has 0 amide bonds. The maximum Gasteiger partial charge on any atom is 0.416 e. The van der Waals surface area contributed by atoms with Gasteiger partial charge in [0.1, 0.15) is 5.82 Å². The number of hydrogen-bond donors (Lipinski definition) is 3. The second kappa shape index (κ2) is 6.77. The monoisotopic (exact) mass is 341 g/mol. The molecule has 0 fully saturated rings. The van der Waals surface area contributed by atoms with E-state index in [9.17, 15) is 17.6 Å². The third-order valence-electron chi connectivity index (χ3n) is 3.41. The van der Waals surface area contributed by atoms with Gasteiger partial charge in [0.05, 0.1) is 5.56 Å². The van der Waals surface area contributed by atoms with E-state index in [1.807, 2.05) is 0 Å². The van der Waals surface area contributed by atoms with Crippen LogP contribution in [0.5, 0.6) is 0 Å². The largest absolute Gasteiger partial charge is 0.416 e. The molecule has 0 aliphatic carbocycles. The van der Waals surface area contributed by atoms with Crippen molar-refractivity contribution in [2.75, 3.05) is 5.32 Å². The Labute approximate surface area is 135 Å². The average Bonchev–Trinajstić information content (AvgIpc) is 2.52. The van der Waals surface area contributed by atoms with Crippen LogP contribution in [0.15, 0.2) is 41.6 Å². The van der Waals surface area contributed by atoms with Crippen LogP contribution >= 0.6 is 0 Å². The molecule has 0 radical (unpaired) electrons. The molecule has 0 aliphatic heterocycles. The van der Waals surface area contributed by atoms with Crippen molar-refractivity contribution in [1.82, 2.24) is 0 Å². The summed E-state index contributed by atoms with van der Waals surface area (Å²) in [4.78, 5) is 0. The standard InChI is InChI=1S/C16H15F4N3O/c1-9-2-3-11(15(21)23-24)6-14(9)22-8-10-4-12(16(18,19)20)7-13(17)5-10/h2-7,22,24H,8H2,1H3,(H2,21,23). The molecule has 128 valence electrons. The zero-order chi connectivity index (χ0) is 17.9. The number of nitrogens with zero attached hydrogens (tertiary/aromatic N) is 1. The van der Waals surface area contributed by atoms with Crippen LogP contribution in [0.25, 0.3) is 0 Å². The van der Waals surface area contributed by atoms with Crippen molar-refractivity contribution in [2.45, 2.75) is 19.6 Å². The molecule has 4 nitrogen and oxygen atoms in total. The number of alkyl halides is 3. The normalized spacial score (nSPS) is 12.3. The minimum absolute atomic E-state index is 0.0126. The second-order valence-corrected chi connectivity index (χ2v) is 5.21. The van der Waals surface area contributed by atoms with Gasteiger partial charge < -0.3 is 16.3 Å². The second-order valence-electron chi connectivity index (χ2n) is 5.21. The molecule has 2 aromatic carbocycles. The van der Waals surface area contributed by atoms with Gasteiger partial charge >= 0.3 is 6.18 Å². The molecule has 0 saturated carbocycles. The molecular formula is C16H15F4N3O. The van der Waals surface area contributed by atoms with E-state index in [2.05, 4.69) is 10.5 Å². The Balaban J connectivity index is 2.24. The molecule has 0 bridgehead atoms. The van der Waals surface area contributed by atoms with Crippen LogP contribution in [0.3, 0.4) is 0 Å². The lowest BCUT2D eigenvalue weighted by Crippen LogP contribution is -2.14. The zero-order valence-corrected chi connectivity index (χ0v) is 12.7. The van der Waals surface area contributed by atoms with Crippen molar-refractivity contribution in [3.63, 3.8) is 0 Å². The van der Waals surface area contributed by atoms with Crippen molar-refractivity contribution >= 4 is 11.5 Å². The van der Waals surface area contributed by atoms with Crippen molar-refractivity contribution < 1.29 is 22.8 Å². The summed E-state index contributed by atoms with van der Waals surface area (Å²) in [7, 11) is 0. The smallest absolute Gasteiger partial charge is 0.409 e. The zero-order valence-electron chi connectivity index (χ0n) is 12.7. The first-order valence-corrected chi connectivity index (χ1v) is 6.90. The van der Waals surface area contributed by atoms with Crippen LogP contribution in [0.4, 0.5) is 23.2 Å². The van der Waals surface area contributed by atoms with Crippen LogP contribution in [0.2, 0.25) is 0 Å². The average molecular weight is 341 g/mol. The maximum absolute atomic E-state index is 13.4. The van der Waals surface area contributed by atoms with Gasteiger partial charge in [-0.05, 0) is 42.3 Å². The van der Waals surface area contributed by atoms with E-state index in [0.29, 0.717) is 17.3 Å². The summed E-state index contributed by atoms with van der Waals surface area (Å²) in [5, 5.41) is 14.5. The number of aryl methyl sites for hydroxylation is 1. The molecule has 0 aromatic heterocycles. The van der Waals surface area contributed by atoms with E-state index in [0.717, 1.165) is 17.7 Å². The molecule has 2 rings (SSSR count). The topological polar surface area (TPSA) is 70.6 Å². The fourth-order valence-corrected chi connectivity index (χ4v) is 2.14. The lowest BCUT2D eigenvalue weighted by Gasteiger charge is -2.13. The van der Waals surface area contributed by atoms with Gasteiger partial charge in [0.2, 0.25) is 0 Å². The molecule has 0 saturated heterocycles. The Morgan fingerprint density at radius 2 is 1.92 bits per heavy atom. The maximum atomic E-state index is 13.4. The predicted molar refractivity (Wildman–Crippen MR) is 82.4 cm³/mol. The summed E-state index contributed by atoms with van der Waals surface area (Å²) in [5.41, 5.74) is 6.44. The van der Waals surface area contributed by atoms with Gasteiger partial charge in [-0.2, -0.15) is 13.2 Å². The van der Waals surface area contributed by atoms with Gasteiger partial charge in [-0.1, -0.05) is 17.3 Å². The fourth-order valence-electron chi connectivity index (χ4n) is 2.14. The quantitative estimate of drug-likeness (QED) is 0.260. The first kappa shape index (κ1) is 17.6. The highest BCUT2D eigenvalue weighted by Crippen LogP contribution is 2.30. The molecule has 0 spiro atoms. The first-order valence-electron chi connectivity index (χ1n) is 6.90. The SMILES string of the molecule is Cc1ccc(C(N)=NO)cc1NCc1cc(F)cc(C(F)(F)F)c1. The van der Waals surface area contributed by atoms with E-state index in [-0.39, 0.29) is 17.9 Å². The third kappa shape index (κ3) is 4.15. The van der Waals surface area contributed by atoms with Crippen molar-refractivity contribution in [3.05, 3.63) is 64.5 Å². The Kier molecular flexibility index (Phi) is 4.96. The number of nitrogens with one attached hydrogen (secondary N) is 1. The molecule has 2 aromatic rings. The lowest BCUT2D eigenvalue weighted by molar-refractivity contribution is -0.137. The van der Waals surface area contributed by atoms with E-state index in [4.69, 9.17) is 10.9 Å². The summed E-state index contributed by atoms with van der Waals surface area (Å²) in [5.74, 6) is -1.05. The highest BCUT2D eigenvalue weighted by molar-refractivity contribution is 5.98. The van der Waals surface area contributed by atoms with Gasteiger partial charge in [0, 0.05) is 17.8 Å². The summed E-state index contributed by atoms with van der Waals surface area (Å²) in [6.45, 7) is 1.77. The van der Waals surface area contributed by atoms with Crippen LogP contribution in [0, 0.1) is 12.7 Å². The van der Waals surface area contributed by atoms with E-state index in [1.165, 1.54) is 0 Å². The van der Waals surface area contributed by atoms with Crippen LogP contribution in [-0.2, 0) is 12.7 Å². The molecule has 24 heavy (non-hydrogen) atoms. The lowest BCUT2D eigenvalue weighted by atomic mass is 10.1. The number of halogens is 4. The van der Waals surface area contributed by atoms with E-state index >= 15 is 0 Å². The third-order valence-corrected chi connectivity index (χ3v) is 3.41. The minimum atomic E-state index is -4.61. The summed E-state index contributed by atoms with van der Waals surface area (Å²) < 4.78 is 51.5. The number of oxime groups is 1. The van der Waals surface area contributed by atoms with E-state index in [1.54, 1.807) is 25.1 Å². The number of nitrogens with two attached hydrogens (primary N) is 1. The van der Waals surface area contributed by atoms with Crippen LogP contribution in [0.1, 0.15) is 22.3 Å². The summed E-state index contributed by atoms with van der Waals surface area (Å²) >= 11 is 0. The Hall–Kier alpha value is -2.77. The highest BCUT2D eigenvalue weighted by atomic mass is 19.4. The first-order chi connectivity index (χ1) is 11.2. The van der Waals surface area contributed by atoms with Gasteiger partial charge in [-0.25, -0.2) is 4.39 Å². The van der Waals surface area contributed by atoms with Gasteiger partial charge in [-0.3, -0.25) is 0 Å². The molecule has 0 heterocycles. The number of anilines is 1. The van der Waals surface area contributed by atoms with Crippen LogP contribution < -0.4 is 11.1 Å². The molecule has 8 heteroatoms. The molecule has 4 N–H and O–H groups in total. The summed E-state index contributed by atoms with van der Waals surface area (Å²) in [6, 6.07) is 7.31. The van der Waals surface area contributed by atoms with Crippen molar-refractivity contribution in [1.29, 1.82) is 0 Å². The van der Waals surface area contributed by atoms with E-state index < -0.39 is 17.6 Å². The number of hydrogen-bond acceptors (Lipinski definition) is 3. The molecular weight excluding hydrogens is 326 g/mol. The summed E-state index contributed by atoms with van der Waals surface area (Å²) in [6.07, 6.45) is -4.61. The Bertz CT molecular complexity index is 772. The number of amidine groups is 1. The van der Waals surface area contributed by atoms with Gasteiger partial charge in [0.15, 0.2) is 5.84 Å². The predicted octanol–water partition coefficient (Wildman–Crippen LogP) is 3.86. The highest BCUT2D eigenvalue weighted by Gasteiger charge is 2.31. The Morgan fingerprint density at radius 1 is 1.21 bits per heavy atom. The Morgan fingerprint density at radius 3 is 2.54 bits per heavy atom. The van der Waals surface area contributed by atoms with Crippen molar-refractivity contribution in [3.8, 4) is 0 Å². The van der Waals surface area contributed by atoms with Gasteiger partial charge in [-0.15, -0.1) is 0 Å². The van der Waals surface area contributed by atoms with Gasteiger partial charge in [0.25, 0.3) is 0 Å².